The van der Waals surface area contributed by atoms with E-state index in [0.29, 0.717) is 5.92 Å². The Kier molecular flexibility index (Phi) is 7.40. The second kappa shape index (κ2) is 9.56. The van der Waals surface area contributed by atoms with Gasteiger partial charge in [0.15, 0.2) is 0 Å². The van der Waals surface area contributed by atoms with Crippen molar-refractivity contribution in [1.29, 1.82) is 0 Å². The molecule has 0 radical (unpaired) electrons. The van der Waals surface area contributed by atoms with Crippen molar-refractivity contribution >= 4 is 5.91 Å². The van der Waals surface area contributed by atoms with Crippen molar-refractivity contribution in [3.05, 3.63) is 29.8 Å². The van der Waals surface area contributed by atoms with Crippen LogP contribution in [0.25, 0.3) is 0 Å². The number of nitrogens with one attached hydrogen (secondary N) is 1. The molecule has 1 aromatic rings. The zero-order chi connectivity index (χ0) is 16.5. The average molecular weight is 318 g/mol. The lowest BCUT2D eigenvalue weighted by molar-refractivity contribution is 0.0691. The van der Waals surface area contributed by atoms with Crippen LogP contribution in [-0.2, 0) is 0 Å². The number of ether oxygens (including phenoxy) is 1. The van der Waals surface area contributed by atoms with Crippen molar-refractivity contribution in [2.75, 3.05) is 33.3 Å². The van der Waals surface area contributed by atoms with Crippen LogP contribution in [0.1, 0.15) is 49.4 Å². The van der Waals surface area contributed by atoms with Gasteiger partial charge in [-0.3, -0.25) is 4.79 Å². The molecule has 23 heavy (non-hydrogen) atoms. The van der Waals surface area contributed by atoms with Gasteiger partial charge in [-0.1, -0.05) is 19.8 Å². The molecule has 1 aliphatic rings. The van der Waals surface area contributed by atoms with E-state index in [0.717, 1.165) is 56.8 Å². The lowest BCUT2D eigenvalue weighted by Crippen LogP contribution is -2.40. The molecule has 2 rings (SSSR count). The first-order valence-corrected chi connectivity index (χ1v) is 8.91. The number of carbonyl (C=O) groups is 1. The zero-order valence-corrected chi connectivity index (χ0v) is 14.5. The van der Waals surface area contributed by atoms with E-state index in [4.69, 9.17) is 4.74 Å². The second-order valence-electron chi connectivity index (χ2n) is 6.37. The van der Waals surface area contributed by atoms with E-state index in [9.17, 15) is 4.79 Å². The topological polar surface area (TPSA) is 41.6 Å². The van der Waals surface area contributed by atoms with E-state index in [1.165, 1.54) is 12.8 Å². The smallest absolute Gasteiger partial charge is 0.253 e. The van der Waals surface area contributed by atoms with Gasteiger partial charge in [0.1, 0.15) is 5.75 Å². The normalized spacial score (nSPS) is 15.7. The second-order valence-corrected chi connectivity index (χ2v) is 6.37. The van der Waals surface area contributed by atoms with Crippen molar-refractivity contribution in [2.24, 2.45) is 5.92 Å². The van der Waals surface area contributed by atoms with E-state index < -0.39 is 0 Å². The Morgan fingerprint density at radius 3 is 2.52 bits per heavy atom. The van der Waals surface area contributed by atoms with E-state index in [2.05, 4.69) is 12.2 Å². The molecule has 1 N–H and O–H groups in total. The maximum absolute atomic E-state index is 12.5. The number of carbonyl (C=O) groups excluding carboxylic acids is 1. The number of benzene rings is 1. The number of hydrogen-bond acceptors (Lipinski definition) is 3. The Morgan fingerprint density at radius 2 is 1.91 bits per heavy atom. The summed E-state index contributed by atoms with van der Waals surface area (Å²) in [5.74, 6) is 1.69. The van der Waals surface area contributed by atoms with Gasteiger partial charge in [-0.2, -0.15) is 0 Å². The lowest BCUT2D eigenvalue weighted by atomic mass is 9.96. The molecule has 0 atom stereocenters. The minimum Gasteiger partial charge on any atom is -0.494 e. The average Bonchev–Trinajstić information content (AvgIpc) is 2.60. The molecule has 0 aliphatic carbocycles. The van der Waals surface area contributed by atoms with Gasteiger partial charge >= 0.3 is 0 Å². The molecule has 1 heterocycles. The molecule has 1 aliphatic heterocycles. The standard InChI is InChI=1S/C19H30N2O2/c1-3-4-5-14-23-18-8-6-17(7-9-18)19(22)21-12-10-16(11-13-21)15-20-2/h6-9,16,20H,3-5,10-15H2,1-2H3. The van der Waals surface area contributed by atoms with Crippen LogP contribution >= 0.6 is 0 Å². The molecule has 128 valence electrons. The minimum absolute atomic E-state index is 0.144. The molecule has 0 unspecified atom stereocenters. The summed E-state index contributed by atoms with van der Waals surface area (Å²) in [7, 11) is 1.99. The van der Waals surface area contributed by atoms with Gasteiger partial charge in [0.05, 0.1) is 6.61 Å². The lowest BCUT2D eigenvalue weighted by Gasteiger charge is -2.32. The van der Waals surface area contributed by atoms with Gasteiger partial charge < -0.3 is 15.0 Å². The highest BCUT2D eigenvalue weighted by atomic mass is 16.5. The number of hydrogen-bond donors (Lipinski definition) is 1. The Hall–Kier alpha value is -1.55. The molecule has 0 spiro atoms. The van der Waals surface area contributed by atoms with Crippen LogP contribution in [0.3, 0.4) is 0 Å². The third-order valence-electron chi connectivity index (χ3n) is 4.51. The van der Waals surface area contributed by atoms with Crippen LogP contribution in [0.5, 0.6) is 5.75 Å². The van der Waals surface area contributed by atoms with Crippen molar-refractivity contribution in [3.63, 3.8) is 0 Å². The summed E-state index contributed by atoms with van der Waals surface area (Å²) in [6.07, 6.45) is 5.65. The Balaban J connectivity index is 1.81. The van der Waals surface area contributed by atoms with Crippen LogP contribution in [0.15, 0.2) is 24.3 Å². The SMILES string of the molecule is CCCCCOc1ccc(C(=O)N2CCC(CNC)CC2)cc1. The quantitative estimate of drug-likeness (QED) is 0.748. The van der Waals surface area contributed by atoms with E-state index >= 15 is 0 Å². The van der Waals surface area contributed by atoms with Gasteiger partial charge in [-0.15, -0.1) is 0 Å². The van der Waals surface area contributed by atoms with Gasteiger partial charge in [0.25, 0.3) is 5.91 Å². The van der Waals surface area contributed by atoms with Crippen LogP contribution in [0.4, 0.5) is 0 Å². The summed E-state index contributed by atoms with van der Waals surface area (Å²) in [6.45, 7) is 5.70. The third kappa shape index (κ3) is 5.54. The Labute approximate surface area is 140 Å². The molecule has 0 saturated carbocycles. The Morgan fingerprint density at radius 1 is 1.22 bits per heavy atom. The van der Waals surface area contributed by atoms with Crippen molar-refractivity contribution in [3.8, 4) is 5.75 Å². The molecule has 1 saturated heterocycles. The monoisotopic (exact) mass is 318 g/mol. The maximum atomic E-state index is 12.5. The van der Waals surface area contributed by atoms with Crippen LogP contribution in [0, 0.1) is 5.92 Å². The summed E-state index contributed by atoms with van der Waals surface area (Å²) in [5.41, 5.74) is 0.762. The summed E-state index contributed by atoms with van der Waals surface area (Å²) in [5, 5.41) is 3.23. The highest BCUT2D eigenvalue weighted by Gasteiger charge is 2.23. The highest BCUT2D eigenvalue weighted by Crippen LogP contribution is 2.20. The molecule has 1 amide bonds. The first kappa shape index (κ1) is 17.8. The fourth-order valence-corrected chi connectivity index (χ4v) is 3.05. The molecular formula is C19H30N2O2. The van der Waals surface area contributed by atoms with Gasteiger partial charge in [0, 0.05) is 18.7 Å². The van der Waals surface area contributed by atoms with Gasteiger partial charge in [0.2, 0.25) is 0 Å². The largest absolute Gasteiger partial charge is 0.494 e. The number of amides is 1. The molecular weight excluding hydrogens is 288 g/mol. The fraction of sp³-hybridized carbons (Fsp3) is 0.632. The molecule has 0 bridgehead atoms. The van der Waals surface area contributed by atoms with Crippen LogP contribution in [-0.4, -0.2) is 44.1 Å². The van der Waals surface area contributed by atoms with Gasteiger partial charge in [-0.25, -0.2) is 0 Å². The van der Waals surface area contributed by atoms with Crippen molar-refractivity contribution in [1.82, 2.24) is 10.2 Å². The molecule has 1 fully saturated rings. The van der Waals surface area contributed by atoms with E-state index in [1.54, 1.807) is 0 Å². The van der Waals surface area contributed by atoms with Gasteiger partial charge in [-0.05, 0) is 63.0 Å². The van der Waals surface area contributed by atoms with Crippen molar-refractivity contribution in [2.45, 2.75) is 39.0 Å². The first-order chi connectivity index (χ1) is 11.2. The number of likely N-dealkylation sites (tertiary alicyclic amines) is 1. The summed E-state index contributed by atoms with van der Waals surface area (Å²) in [4.78, 5) is 14.5. The minimum atomic E-state index is 0.144. The highest BCUT2D eigenvalue weighted by molar-refractivity contribution is 5.94. The number of unbranched alkanes of at least 4 members (excludes halogenated alkanes) is 2. The van der Waals surface area contributed by atoms with E-state index in [1.807, 2.05) is 36.2 Å². The molecule has 4 nitrogen and oxygen atoms in total. The third-order valence-corrected chi connectivity index (χ3v) is 4.51. The summed E-state index contributed by atoms with van der Waals surface area (Å²) in [6, 6.07) is 7.59. The number of piperidine rings is 1. The predicted octanol–water partition coefficient (Wildman–Crippen LogP) is 3.33. The summed E-state index contributed by atoms with van der Waals surface area (Å²) >= 11 is 0. The molecule has 1 aromatic carbocycles. The van der Waals surface area contributed by atoms with Crippen molar-refractivity contribution < 1.29 is 9.53 Å². The van der Waals surface area contributed by atoms with E-state index in [-0.39, 0.29) is 5.91 Å². The predicted molar refractivity (Wildman–Crippen MR) is 94.0 cm³/mol. The molecule has 4 heteroatoms. The maximum Gasteiger partial charge on any atom is 0.253 e. The zero-order valence-electron chi connectivity index (χ0n) is 14.5. The Bertz CT molecular complexity index is 465. The first-order valence-electron chi connectivity index (χ1n) is 8.91. The molecule has 0 aromatic heterocycles. The van der Waals surface area contributed by atoms with Crippen LogP contribution < -0.4 is 10.1 Å². The van der Waals surface area contributed by atoms with Crippen LogP contribution in [0.2, 0.25) is 0 Å². The number of nitrogens with zero attached hydrogens (tertiary/aromatic N) is 1. The summed E-state index contributed by atoms with van der Waals surface area (Å²) < 4.78 is 5.70. The fourth-order valence-electron chi connectivity index (χ4n) is 3.05. The number of rotatable bonds is 8.